The molecule has 0 bridgehead atoms. The second-order valence-corrected chi connectivity index (χ2v) is 11.4. The summed E-state index contributed by atoms with van der Waals surface area (Å²) in [5.41, 5.74) is -2.35. The zero-order valence-electron chi connectivity index (χ0n) is 21.8. The van der Waals surface area contributed by atoms with Crippen molar-refractivity contribution >= 4 is 28.5 Å². The Morgan fingerprint density at radius 1 is 1.17 bits per heavy atom. The Kier molecular flexibility index (Phi) is 7.33. The average Bonchev–Trinajstić information content (AvgIpc) is 3.77. The van der Waals surface area contributed by atoms with Gasteiger partial charge in [0.05, 0.1) is 29.8 Å². The van der Waals surface area contributed by atoms with Gasteiger partial charge in [-0.2, -0.15) is 18.2 Å². The van der Waals surface area contributed by atoms with Gasteiger partial charge in [-0.15, -0.1) is 11.8 Å². The molecule has 2 aliphatic heterocycles. The van der Waals surface area contributed by atoms with Gasteiger partial charge in [0.25, 0.3) is 0 Å². The van der Waals surface area contributed by atoms with E-state index in [0.29, 0.717) is 32.2 Å². The van der Waals surface area contributed by atoms with Crippen LogP contribution in [0.4, 0.5) is 27.8 Å². The first-order valence-electron chi connectivity index (χ1n) is 13.3. The highest BCUT2D eigenvalue weighted by Gasteiger charge is 2.40. The lowest BCUT2D eigenvalue weighted by Gasteiger charge is -2.38. The van der Waals surface area contributed by atoms with Crippen molar-refractivity contribution in [3.63, 3.8) is 0 Å². The van der Waals surface area contributed by atoms with Gasteiger partial charge in [0.15, 0.2) is 0 Å². The van der Waals surface area contributed by atoms with Crippen LogP contribution >= 0.6 is 11.8 Å². The Labute approximate surface area is 236 Å². The molecule has 3 aliphatic rings. The van der Waals surface area contributed by atoms with E-state index in [-0.39, 0.29) is 40.1 Å². The maximum absolute atomic E-state index is 15.1. The third-order valence-electron chi connectivity index (χ3n) is 7.68. The van der Waals surface area contributed by atoms with Gasteiger partial charge in [0.2, 0.25) is 0 Å². The molecule has 2 atom stereocenters. The minimum atomic E-state index is -4.89. The molecule has 3 aromatic rings. The number of thioether (sulfide) groups is 1. The largest absolute Gasteiger partial charge is 0.417 e. The molecular weight excluding hydrogens is 567 g/mol. The van der Waals surface area contributed by atoms with Crippen LogP contribution in [0.3, 0.4) is 0 Å². The van der Waals surface area contributed by atoms with E-state index in [1.54, 1.807) is 9.80 Å². The van der Waals surface area contributed by atoms with Crippen molar-refractivity contribution < 1.29 is 31.8 Å². The third-order valence-corrected chi connectivity index (χ3v) is 8.92. The number of aliphatic hydroxyl groups is 1. The fourth-order valence-corrected chi connectivity index (χ4v) is 6.78. The maximum Gasteiger partial charge on any atom is 0.417 e. The van der Waals surface area contributed by atoms with Crippen LogP contribution in [0.25, 0.3) is 22.0 Å². The van der Waals surface area contributed by atoms with E-state index >= 15 is 4.39 Å². The van der Waals surface area contributed by atoms with Gasteiger partial charge in [-0.3, -0.25) is 9.47 Å². The average molecular weight is 595 g/mol. The molecule has 3 heterocycles. The molecule has 0 spiro atoms. The summed E-state index contributed by atoms with van der Waals surface area (Å²) < 4.78 is 80.1. The summed E-state index contributed by atoms with van der Waals surface area (Å²) in [7, 11) is 0. The quantitative estimate of drug-likeness (QED) is 0.311. The van der Waals surface area contributed by atoms with E-state index < -0.39 is 52.5 Å². The van der Waals surface area contributed by atoms with Gasteiger partial charge in [0, 0.05) is 59.4 Å². The number of ether oxygens (including phenoxy) is 1. The molecule has 1 saturated heterocycles. The fourth-order valence-electron chi connectivity index (χ4n) is 5.47. The van der Waals surface area contributed by atoms with E-state index in [2.05, 4.69) is 11.6 Å². The number of halogens is 5. The molecule has 1 aromatic heterocycles. The number of nitrogens with zero attached hydrogens (tertiary/aromatic N) is 4. The van der Waals surface area contributed by atoms with E-state index in [0.717, 1.165) is 42.8 Å². The molecule has 1 saturated carbocycles. The molecule has 6 rings (SSSR count). The standard InChI is InChI=1S/C28H27F5N4O3S/c1-2-22(38)35-7-9-36(10-8-35)26-19-12-20(28(31,32)33)23(18-6-3-15(29)11-21(18)30)25-24(19)37(27(39)34-26)16(14-41-25)13-40-17-4-5-17/h2-3,6,11-12,16-17,22,38H,1,4-5,7-10,13-14H2. The molecule has 1 N–H and O–H groups in total. The SMILES string of the molecule is C=CC(O)N1CCN(c2nc(=O)n3c4c(c(-c5ccc(F)cc5F)c(C(F)(F)F)cc24)SCC3COC2CC2)CC1. The molecule has 218 valence electrons. The van der Waals surface area contributed by atoms with Crippen LogP contribution < -0.4 is 10.6 Å². The van der Waals surface area contributed by atoms with Crippen molar-refractivity contribution in [2.24, 2.45) is 0 Å². The van der Waals surface area contributed by atoms with Crippen molar-refractivity contribution in [3.05, 3.63) is 64.6 Å². The minimum absolute atomic E-state index is 0.0875. The van der Waals surface area contributed by atoms with Crippen molar-refractivity contribution in [2.45, 2.75) is 42.3 Å². The van der Waals surface area contributed by atoms with Crippen LogP contribution in [0.2, 0.25) is 0 Å². The number of hydrogen-bond donors (Lipinski definition) is 1. The molecule has 0 radical (unpaired) electrons. The highest BCUT2D eigenvalue weighted by molar-refractivity contribution is 7.99. The molecule has 2 fully saturated rings. The third kappa shape index (κ3) is 5.24. The molecule has 0 amide bonds. The molecule has 1 aliphatic carbocycles. The molecular formula is C28H27F5N4O3S. The van der Waals surface area contributed by atoms with E-state index in [4.69, 9.17) is 4.74 Å². The first-order chi connectivity index (χ1) is 19.6. The van der Waals surface area contributed by atoms with Crippen LogP contribution in [0, 0.1) is 11.6 Å². The topological polar surface area (TPSA) is 70.8 Å². The van der Waals surface area contributed by atoms with E-state index in [1.165, 1.54) is 10.6 Å². The summed E-state index contributed by atoms with van der Waals surface area (Å²) in [5.74, 6) is -1.74. The van der Waals surface area contributed by atoms with Gasteiger partial charge in [-0.05, 0) is 37.1 Å². The van der Waals surface area contributed by atoms with Crippen LogP contribution in [0.1, 0.15) is 24.4 Å². The van der Waals surface area contributed by atoms with Crippen molar-refractivity contribution in [1.29, 1.82) is 0 Å². The van der Waals surface area contributed by atoms with Crippen molar-refractivity contribution in [1.82, 2.24) is 14.5 Å². The van der Waals surface area contributed by atoms with E-state index in [9.17, 15) is 27.5 Å². The summed E-state index contributed by atoms with van der Waals surface area (Å²) in [6.45, 7) is 5.09. The Bertz CT molecular complexity index is 1570. The lowest BCUT2D eigenvalue weighted by molar-refractivity contribution is -0.137. The van der Waals surface area contributed by atoms with Crippen LogP contribution in [0.15, 0.2) is 46.6 Å². The van der Waals surface area contributed by atoms with Gasteiger partial charge in [-0.1, -0.05) is 6.58 Å². The predicted octanol–water partition coefficient (Wildman–Crippen LogP) is 4.81. The molecule has 41 heavy (non-hydrogen) atoms. The summed E-state index contributed by atoms with van der Waals surface area (Å²) in [5, 5.41) is 10.2. The fraction of sp³-hybridized carbons (Fsp3) is 0.429. The highest BCUT2D eigenvalue weighted by atomic mass is 32.2. The smallest absolute Gasteiger partial charge is 0.376 e. The zero-order chi connectivity index (χ0) is 29.1. The number of hydrogen-bond acceptors (Lipinski definition) is 7. The zero-order valence-corrected chi connectivity index (χ0v) is 22.6. The van der Waals surface area contributed by atoms with Crippen molar-refractivity contribution in [3.8, 4) is 11.1 Å². The number of anilines is 1. The first-order valence-corrected chi connectivity index (χ1v) is 14.2. The van der Waals surface area contributed by atoms with Crippen LogP contribution in [-0.4, -0.2) is 70.4 Å². The van der Waals surface area contributed by atoms with Crippen LogP contribution in [0.5, 0.6) is 0 Å². The Morgan fingerprint density at radius 3 is 2.54 bits per heavy atom. The first kappa shape index (κ1) is 28.1. The summed E-state index contributed by atoms with van der Waals surface area (Å²) in [6, 6.07) is 2.89. The normalized spacial score (nSPS) is 20.4. The summed E-state index contributed by atoms with van der Waals surface area (Å²) in [6.07, 6.45) is -2.46. The molecule has 2 aromatic carbocycles. The monoisotopic (exact) mass is 594 g/mol. The number of rotatable bonds is 7. The Hall–Kier alpha value is -3.00. The predicted molar refractivity (Wildman–Crippen MR) is 145 cm³/mol. The van der Waals surface area contributed by atoms with Gasteiger partial charge < -0.3 is 14.7 Å². The van der Waals surface area contributed by atoms with Gasteiger partial charge in [0.1, 0.15) is 23.7 Å². The molecule has 7 nitrogen and oxygen atoms in total. The summed E-state index contributed by atoms with van der Waals surface area (Å²) >= 11 is 1.10. The Morgan fingerprint density at radius 2 is 1.90 bits per heavy atom. The molecule has 13 heteroatoms. The maximum atomic E-state index is 15.1. The Balaban J connectivity index is 1.58. The lowest BCUT2D eigenvalue weighted by atomic mass is 9.95. The second kappa shape index (κ2) is 10.7. The van der Waals surface area contributed by atoms with E-state index in [1.807, 2.05) is 0 Å². The van der Waals surface area contributed by atoms with Crippen LogP contribution in [-0.2, 0) is 10.9 Å². The number of alkyl halides is 3. The number of aliphatic hydroxyl groups excluding tert-OH is 1. The van der Waals surface area contributed by atoms with Crippen molar-refractivity contribution in [2.75, 3.05) is 43.4 Å². The minimum Gasteiger partial charge on any atom is -0.376 e. The summed E-state index contributed by atoms with van der Waals surface area (Å²) in [4.78, 5) is 21.4. The highest BCUT2D eigenvalue weighted by Crippen LogP contribution is 2.50. The second-order valence-electron chi connectivity index (χ2n) is 10.4. The number of aromatic nitrogens is 2. The van der Waals surface area contributed by atoms with Gasteiger partial charge >= 0.3 is 11.9 Å². The number of benzene rings is 2. The van der Waals surface area contributed by atoms with Gasteiger partial charge in [-0.25, -0.2) is 13.6 Å². The molecule has 2 unspecified atom stereocenters. The number of piperazine rings is 1. The lowest BCUT2D eigenvalue weighted by Crippen LogP contribution is -2.50.